The van der Waals surface area contributed by atoms with E-state index in [9.17, 15) is 4.79 Å². The van der Waals surface area contributed by atoms with Gasteiger partial charge in [-0.05, 0) is 44.0 Å². The predicted octanol–water partition coefficient (Wildman–Crippen LogP) is 4.43. The summed E-state index contributed by atoms with van der Waals surface area (Å²) in [7, 11) is 0. The lowest BCUT2D eigenvalue weighted by atomic mass is 10.1. The molecule has 1 rings (SSSR count). The fraction of sp³-hybridized carbons (Fsp3) is 0.462. The minimum absolute atomic E-state index is 0.275. The first-order chi connectivity index (χ1) is 7.85. The minimum Gasteiger partial charge on any atom is -0.456 e. The van der Waals surface area contributed by atoms with Crippen LogP contribution in [0.1, 0.15) is 42.3 Å². The Bertz CT molecular complexity index is 386. The predicted molar refractivity (Wildman–Crippen MR) is 76.9 cm³/mol. The normalized spacial score (nSPS) is 11.4. The van der Waals surface area contributed by atoms with E-state index >= 15 is 0 Å². The van der Waals surface area contributed by atoms with Gasteiger partial charge in [-0.1, -0.05) is 37.9 Å². The summed E-state index contributed by atoms with van der Waals surface area (Å²) in [6.45, 7) is 5.60. The van der Waals surface area contributed by atoms with Crippen LogP contribution in [0.2, 0.25) is 0 Å². The molecule has 0 radical (unpaired) electrons. The average Bonchev–Trinajstić information content (AvgIpc) is 2.26. The molecule has 17 heavy (non-hydrogen) atoms. The molecule has 0 unspecified atom stereocenters. The summed E-state index contributed by atoms with van der Waals surface area (Å²) in [4.78, 5) is 11.9. The zero-order chi connectivity index (χ0) is 13.1. The van der Waals surface area contributed by atoms with Gasteiger partial charge in [0.2, 0.25) is 0 Å². The first-order valence-electron chi connectivity index (χ1n) is 5.34. The zero-order valence-corrected chi connectivity index (χ0v) is 13.4. The van der Waals surface area contributed by atoms with Gasteiger partial charge in [0, 0.05) is 10.7 Å². The molecule has 0 fully saturated rings. The molecule has 0 saturated carbocycles. The van der Waals surface area contributed by atoms with Crippen molar-refractivity contribution in [2.24, 2.45) is 0 Å². The second-order valence-corrected chi connectivity index (χ2v) is 5.93. The van der Waals surface area contributed by atoms with E-state index in [2.05, 4.69) is 37.9 Å². The molecule has 2 nitrogen and oxygen atoms in total. The molecule has 1 aromatic rings. The Hall–Kier alpha value is -0.350. The van der Waals surface area contributed by atoms with Gasteiger partial charge < -0.3 is 4.74 Å². The minimum atomic E-state index is -0.462. The number of esters is 1. The SMILES string of the molecule is CC(C)(C)OC(=O)c1cc(CBr)cc(CBr)c1. The lowest BCUT2D eigenvalue weighted by Gasteiger charge is -2.19. The highest BCUT2D eigenvalue weighted by Gasteiger charge is 2.18. The highest BCUT2D eigenvalue weighted by Crippen LogP contribution is 2.18. The summed E-state index contributed by atoms with van der Waals surface area (Å²) in [6.07, 6.45) is 0. The van der Waals surface area contributed by atoms with Crippen LogP contribution in [0.25, 0.3) is 0 Å². The maximum atomic E-state index is 11.9. The number of alkyl halides is 2. The third-order valence-corrected chi connectivity index (χ3v) is 3.29. The molecule has 0 aliphatic carbocycles. The number of carbonyl (C=O) groups excluding carboxylic acids is 1. The van der Waals surface area contributed by atoms with Gasteiger partial charge in [0.25, 0.3) is 0 Å². The van der Waals surface area contributed by atoms with Crippen LogP contribution in [0.5, 0.6) is 0 Å². The number of halogens is 2. The standard InChI is InChI=1S/C13H16Br2O2/c1-13(2,3)17-12(16)11-5-9(7-14)4-10(6-11)8-15/h4-6H,7-8H2,1-3H3. The molecule has 0 amide bonds. The first-order valence-corrected chi connectivity index (χ1v) is 7.58. The molecule has 0 heterocycles. The molecular weight excluding hydrogens is 348 g/mol. The lowest BCUT2D eigenvalue weighted by Crippen LogP contribution is -2.24. The van der Waals surface area contributed by atoms with Crippen molar-refractivity contribution in [1.29, 1.82) is 0 Å². The summed E-state index contributed by atoms with van der Waals surface area (Å²) >= 11 is 6.80. The smallest absolute Gasteiger partial charge is 0.338 e. The molecular formula is C13H16Br2O2. The van der Waals surface area contributed by atoms with E-state index in [1.54, 1.807) is 0 Å². The van der Waals surface area contributed by atoms with E-state index in [4.69, 9.17) is 4.74 Å². The molecule has 4 heteroatoms. The van der Waals surface area contributed by atoms with Crippen LogP contribution in [0.4, 0.5) is 0 Å². The first kappa shape index (κ1) is 14.7. The molecule has 0 aliphatic heterocycles. The zero-order valence-electron chi connectivity index (χ0n) is 10.2. The largest absolute Gasteiger partial charge is 0.456 e. The van der Waals surface area contributed by atoms with Gasteiger partial charge in [-0.15, -0.1) is 0 Å². The Morgan fingerprint density at radius 2 is 1.59 bits per heavy atom. The molecule has 0 spiro atoms. The number of hydrogen-bond acceptors (Lipinski definition) is 2. The average molecular weight is 364 g/mol. The second-order valence-electron chi connectivity index (χ2n) is 4.81. The van der Waals surface area contributed by atoms with Crippen molar-refractivity contribution < 1.29 is 9.53 Å². The molecule has 1 aromatic carbocycles. The van der Waals surface area contributed by atoms with Crippen molar-refractivity contribution >= 4 is 37.8 Å². The Labute approximate surface area is 119 Å². The number of hydrogen-bond donors (Lipinski definition) is 0. The summed E-state index contributed by atoms with van der Waals surface area (Å²) in [5.41, 5.74) is 2.28. The quantitative estimate of drug-likeness (QED) is 0.586. The van der Waals surface area contributed by atoms with Gasteiger partial charge in [-0.3, -0.25) is 0 Å². The monoisotopic (exact) mass is 362 g/mol. The number of benzene rings is 1. The fourth-order valence-electron chi connectivity index (χ4n) is 1.37. The maximum absolute atomic E-state index is 11.9. The van der Waals surface area contributed by atoms with E-state index in [1.165, 1.54) is 0 Å². The van der Waals surface area contributed by atoms with Gasteiger partial charge >= 0.3 is 5.97 Å². The van der Waals surface area contributed by atoms with Crippen LogP contribution in [-0.2, 0) is 15.4 Å². The van der Waals surface area contributed by atoms with Crippen LogP contribution >= 0.6 is 31.9 Å². The van der Waals surface area contributed by atoms with Crippen LogP contribution in [0, 0.1) is 0 Å². The Morgan fingerprint density at radius 3 is 1.94 bits per heavy atom. The highest BCUT2D eigenvalue weighted by molar-refractivity contribution is 9.08. The molecule has 0 saturated heterocycles. The van der Waals surface area contributed by atoms with Crippen molar-refractivity contribution in [2.75, 3.05) is 0 Å². The molecule has 0 bridgehead atoms. The van der Waals surface area contributed by atoms with Gasteiger partial charge in [-0.2, -0.15) is 0 Å². The molecule has 0 atom stereocenters. The van der Waals surface area contributed by atoms with Gasteiger partial charge in [-0.25, -0.2) is 4.79 Å². The van der Waals surface area contributed by atoms with Crippen molar-refractivity contribution in [3.05, 3.63) is 34.9 Å². The van der Waals surface area contributed by atoms with Gasteiger partial charge in [0.1, 0.15) is 5.60 Å². The van der Waals surface area contributed by atoms with E-state index < -0.39 is 5.60 Å². The Balaban J connectivity index is 3.00. The molecule has 0 N–H and O–H groups in total. The van der Waals surface area contributed by atoms with E-state index in [0.717, 1.165) is 21.8 Å². The second kappa shape index (κ2) is 6.01. The van der Waals surface area contributed by atoms with Gasteiger partial charge in [0.15, 0.2) is 0 Å². The summed E-state index contributed by atoms with van der Waals surface area (Å²) in [6, 6.07) is 5.77. The van der Waals surface area contributed by atoms with E-state index in [1.807, 2.05) is 32.9 Å². The molecule has 0 aliphatic rings. The van der Waals surface area contributed by atoms with Crippen molar-refractivity contribution in [3.8, 4) is 0 Å². The topological polar surface area (TPSA) is 26.3 Å². The summed E-state index contributed by atoms with van der Waals surface area (Å²) in [5, 5.41) is 1.45. The van der Waals surface area contributed by atoms with Crippen molar-refractivity contribution in [3.63, 3.8) is 0 Å². The van der Waals surface area contributed by atoms with E-state index in [0.29, 0.717) is 5.56 Å². The number of carbonyl (C=O) groups is 1. The highest BCUT2D eigenvalue weighted by atomic mass is 79.9. The summed E-state index contributed by atoms with van der Waals surface area (Å²) < 4.78 is 5.35. The maximum Gasteiger partial charge on any atom is 0.338 e. The van der Waals surface area contributed by atoms with Crippen molar-refractivity contribution in [2.45, 2.75) is 37.0 Å². The lowest BCUT2D eigenvalue weighted by molar-refractivity contribution is 0.00693. The van der Waals surface area contributed by atoms with Crippen LogP contribution in [0.3, 0.4) is 0 Å². The number of ether oxygens (including phenoxy) is 1. The Kier molecular flexibility index (Phi) is 5.20. The van der Waals surface area contributed by atoms with E-state index in [-0.39, 0.29) is 5.97 Å². The third kappa shape index (κ3) is 4.80. The molecule has 94 valence electrons. The Morgan fingerprint density at radius 1 is 1.12 bits per heavy atom. The fourth-order valence-corrected chi connectivity index (χ4v) is 2.02. The van der Waals surface area contributed by atoms with Crippen LogP contribution in [-0.4, -0.2) is 11.6 Å². The number of rotatable bonds is 3. The third-order valence-electron chi connectivity index (χ3n) is 2.00. The summed E-state index contributed by atoms with van der Waals surface area (Å²) in [5.74, 6) is -0.275. The van der Waals surface area contributed by atoms with Crippen molar-refractivity contribution in [1.82, 2.24) is 0 Å². The molecule has 0 aromatic heterocycles. The van der Waals surface area contributed by atoms with Gasteiger partial charge in [0.05, 0.1) is 5.56 Å². The van der Waals surface area contributed by atoms with Crippen LogP contribution < -0.4 is 0 Å². The van der Waals surface area contributed by atoms with Crippen LogP contribution in [0.15, 0.2) is 18.2 Å².